The lowest BCUT2D eigenvalue weighted by atomic mass is 9.82. The molecule has 1 aliphatic carbocycles. The van der Waals surface area contributed by atoms with Crippen molar-refractivity contribution < 1.29 is 4.42 Å². The van der Waals surface area contributed by atoms with Gasteiger partial charge < -0.3 is 9.32 Å². The van der Waals surface area contributed by atoms with Gasteiger partial charge in [-0.25, -0.2) is 0 Å². The minimum Gasteiger partial charge on any atom is -0.453 e. The van der Waals surface area contributed by atoms with Gasteiger partial charge in [0.1, 0.15) is 5.58 Å². The van der Waals surface area contributed by atoms with Crippen molar-refractivity contribution in [3.05, 3.63) is 151 Å². The van der Waals surface area contributed by atoms with Gasteiger partial charge in [0.2, 0.25) is 0 Å². The van der Waals surface area contributed by atoms with Gasteiger partial charge in [-0.05, 0) is 58.1 Å². The van der Waals surface area contributed by atoms with E-state index in [0.717, 1.165) is 39.0 Å². The number of furan rings is 1. The van der Waals surface area contributed by atoms with E-state index in [0.29, 0.717) is 0 Å². The third kappa shape index (κ3) is 3.57. The Hall–Kier alpha value is -5.08. The zero-order chi connectivity index (χ0) is 27.6. The number of hydrogen-bond acceptors (Lipinski definition) is 2. The number of nitrogens with zero attached hydrogens (tertiary/aromatic N) is 1. The maximum atomic E-state index is 6.97. The van der Waals surface area contributed by atoms with Crippen LogP contribution in [-0.2, 0) is 5.41 Å². The highest BCUT2D eigenvalue weighted by molar-refractivity contribution is 6.15. The summed E-state index contributed by atoms with van der Waals surface area (Å²) < 4.78 is 6.97. The number of para-hydroxylation sites is 2. The summed E-state index contributed by atoms with van der Waals surface area (Å²) in [5.74, 6) is 0. The van der Waals surface area contributed by atoms with Gasteiger partial charge in [-0.15, -0.1) is 0 Å². The SMILES string of the molecule is CC1(C)c2ccccc2-c2c1ccc1c2oc2c(N(c3ccccc3)c3cccc(-c4ccccc4)c3)cccc21. The summed E-state index contributed by atoms with van der Waals surface area (Å²) in [6.07, 6.45) is 0. The van der Waals surface area contributed by atoms with Crippen molar-refractivity contribution in [1.29, 1.82) is 0 Å². The van der Waals surface area contributed by atoms with Gasteiger partial charge in [0, 0.05) is 33.1 Å². The molecule has 8 rings (SSSR count). The average Bonchev–Trinajstić information content (AvgIpc) is 3.52. The third-order valence-electron chi connectivity index (χ3n) is 8.66. The summed E-state index contributed by atoms with van der Waals surface area (Å²) in [6.45, 7) is 4.63. The maximum Gasteiger partial charge on any atom is 0.159 e. The Bertz CT molecular complexity index is 2070. The lowest BCUT2D eigenvalue weighted by Crippen LogP contribution is -2.14. The fourth-order valence-corrected chi connectivity index (χ4v) is 6.66. The molecule has 1 heterocycles. The zero-order valence-corrected chi connectivity index (χ0v) is 23.1. The van der Waals surface area contributed by atoms with Crippen molar-refractivity contribution in [3.8, 4) is 22.3 Å². The molecule has 0 unspecified atom stereocenters. The second-order valence-corrected chi connectivity index (χ2v) is 11.4. The van der Waals surface area contributed by atoms with Crippen LogP contribution in [0, 0.1) is 0 Å². The van der Waals surface area contributed by atoms with E-state index in [1.165, 1.54) is 33.4 Å². The number of benzene rings is 6. The molecular formula is C39H29NO. The van der Waals surface area contributed by atoms with Gasteiger partial charge in [-0.1, -0.05) is 123 Å². The number of hydrogen-bond donors (Lipinski definition) is 0. The molecule has 7 aromatic rings. The molecule has 196 valence electrons. The Labute approximate surface area is 240 Å². The predicted molar refractivity (Wildman–Crippen MR) is 171 cm³/mol. The van der Waals surface area contributed by atoms with E-state index in [1.54, 1.807) is 0 Å². The van der Waals surface area contributed by atoms with E-state index in [1.807, 2.05) is 0 Å². The quantitative estimate of drug-likeness (QED) is 0.226. The van der Waals surface area contributed by atoms with Gasteiger partial charge >= 0.3 is 0 Å². The second kappa shape index (κ2) is 8.97. The zero-order valence-electron chi connectivity index (χ0n) is 23.1. The monoisotopic (exact) mass is 527 g/mol. The summed E-state index contributed by atoms with van der Waals surface area (Å²) in [6, 6.07) is 49.7. The second-order valence-electron chi connectivity index (χ2n) is 11.4. The molecule has 1 aromatic heterocycles. The molecule has 0 bridgehead atoms. The molecule has 0 fully saturated rings. The highest BCUT2D eigenvalue weighted by Gasteiger charge is 2.37. The molecule has 1 aliphatic rings. The molecule has 0 aliphatic heterocycles. The van der Waals surface area contributed by atoms with Crippen molar-refractivity contribution in [1.82, 2.24) is 0 Å². The third-order valence-corrected chi connectivity index (χ3v) is 8.66. The van der Waals surface area contributed by atoms with E-state index in [-0.39, 0.29) is 5.41 Å². The maximum absolute atomic E-state index is 6.97. The Kier molecular flexibility index (Phi) is 5.20. The fourth-order valence-electron chi connectivity index (χ4n) is 6.66. The number of rotatable bonds is 4. The smallest absolute Gasteiger partial charge is 0.159 e. The van der Waals surface area contributed by atoms with Crippen molar-refractivity contribution >= 4 is 39.0 Å². The van der Waals surface area contributed by atoms with Crippen LogP contribution >= 0.6 is 0 Å². The van der Waals surface area contributed by atoms with Gasteiger partial charge in [-0.3, -0.25) is 0 Å². The molecule has 0 saturated heterocycles. The van der Waals surface area contributed by atoms with Crippen LogP contribution in [0.4, 0.5) is 17.1 Å². The normalized spacial score (nSPS) is 13.3. The van der Waals surface area contributed by atoms with Crippen LogP contribution in [-0.4, -0.2) is 0 Å². The first kappa shape index (κ1) is 23.8. The molecular weight excluding hydrogens is 498 g/mol. The molecule has 0 spiro atoms. The first-order chi connectivity index (χ1) is 20.1. The highest BCUT2D eigenvalue weighted by Crippen LogP contribution is 2.53. The number of anilines is 3. The molecule has 0 atom stereocenters. The Balaban J connectivity index is 1.39. The first-order valence-electron chi connectivity index (χ1n) is 14.2. The molecule has 41 heavy (non-hydrogen) atoms. The van der Waals surface area contributed by atoms with Crippen LogP contribution < -0.4 is 4.90 Å². The standard InChI is InChI=1S/C39H29NO/c1-39(2)33-21-10-9-19-32(33)36-34(39)24-23-31-30-20-12-22-35(37(30)41-38(31)36)40(28-16-7-4-8-17-28)29-18-11-15-27(25-29)26-13-5-3-6-14-26/h3-25H,1-2H3. The molecule has 0 saturated carbocycles. The molecule has 0 N–H and O–H groups in total. The average molecular weight is 528 g/mol. The van der Waals surface area contributed by atoms with Crippen molar-refractivity contribution in [3.63, 3.8) is 0 Å². The summed E-state index contributed by atoms with van der Waals surface area (Å²) in [5, 5.41) is 2.28. The topological polar surface area (TPSA) is 16.4 Å². The van der Waals surface area contributed by atoms with Crippen molar-refractivity contribution in [2.45, 2.75) is 19.3 Å². The predicted octanol–water partition coefficient (Wildman–Crippen LogP) is 11.0. The van der Waals surface area contributed by atoms with Gasteiger partial charge in [0.15, 0.2) is 5.58 Å². The summed E-state index contributed by atoms with van der Waals surface area (Å²) in [7, 11) is 0. The number of fused-ring (bicyclic) bond motifs is 7. The van der Waals surface area contributed by atoms with E-state index < -0.39 is 0 Å². The van der Waals surface area contributed by atoms with Crippen molar-refractivity contribution in [2.75, 3.05) is 4.90 Å². The molecule has 2 heteroatoms. The molecule has 0 radical (unpaired) electrons. The van der Waals surface area contributed by atoms with Crippen LogP contribution in [0.1, 0.15) is 25.0 Å². The molecule has 0 amide bonds. The Morgan fingerprint density at radius 3 is 2.00 bits per heavy atom. The fraction of sp³-hybridized carbons (Fsp3) is 0.0769. The summed E-state index contributed by atoms with van der Waals surface area (Å²) >= 11 is 0. The van der Waals surface area contributed by atoms with E-state index in [9.17, 15) is 0 Å². The van der Waals surface area contributed by atoms with E-state index in [2.05, 4.69) is 158 Å². The van der Waals surface area contributed by atoms with Crippen LogP contribution in [0.5, 0.6) is 0 Å². The first-order valence-corrected chi connectivity index (χ1v) is 14.2. The Morgan fingerprint density at radius 2 is 1.17 bits per heavy atom. The van der Waals surface area contributed by atoms with Crippen LogP contribution in [0.15, 0.2) is 144 Å². The lowest BCUT2D eigenvalue weighted by molar-refractivity contribution is 0.653. The van der Waals surface area contributed by atoms with Crippen molar-refractivity contribution in [2.24, 2.45) is 0 Å². The summed E-state index contributed by atoms with van der Waals surface area (Å²) in [5.41, 5.74) is 12.5. The molecule has 2 nitrogen and oxygen atoms in total. The van der Waals surface area contributed by atoms with E-state index >= 15 is 0 Å². The highest BCUT2D eigenvalue weighted by atomic mass is 16.3. The summed E-state index contributed by atoms with van der Waals surface area (Å²) in [4.78, 5) is 2.31. The van der Waals surface area contributed by atoms with Gasteiger partial charge in [0.05, 0.1) is 5.69 Å². The van der Waals surface area contributed by atoms with Crippen LogP contribution in [0.3, 0.4) is 0 Å². The Morgan fingerprint density at radius 1 is 0.512 bits per heavy atom. The van der Waals surface area contributed by atoms with E-state index in [4.69, 9.17) is 4.42 Å². The van der Waals surface area contributed by atoms with Crippen LogP contribution in [0.25, 0.3) is 44.2 Å². The minimum atomic E-state index is -0.0735. The van der Waals surface area contributed by atoms with Gasteiger partial charge in [-0.2, -0.15) is 0 Å². The van der Waals surface area contributed by atoms with Gasteiger partial charge in [0.25, 0.3) is 0 Å². The molecule has 6 aromatic carbocycles. The lowest BCUT2D eigenvalue weighted by Gasteiger charge is -2.26. The largest absolute Gasteiger partial charge is 0.453 e. The van der Waals surface area contributed by atoms with Crippen LogP contribution in [0.2, 0.25) is 0 Å². The minimum absolute atomic E-state index is 0.0735.